The van der Waals surface area contributed by atoms with Crippen LogP contribution in [0.5, 0.6) is 0 Å². The van der Waals surface area contributed by atoms with Crippen LogP contribution < -0.4 is 32.3 Å². The number of esters is 2. The van der Waals surface area contributed by atoms with Gasteiger partial charge in [-0.05, 0) is 180 Å². The first-order chi connectivity index (χ1) is 55.6. The number of benzene rings is 9. The van der Waals surface area contributed by atoms with E-state index in [0.717, 1.165) is 37.2 Å². The summed E-state index contributed by atoms with van der Waals surface area (Å²) in [5.41, 5.74) is 15.3. The van der Waals surface area contributed by atoms with E-state index in [9.17, 15) is 68.2 Å². The molecule has 8 N–H and O–H groups in total. The number of carbonyl (C=O) groups is 10. The average molecular weight is 1990 g/mol. The summed E-state index contributed by atoms with van der Waals surface area (Å²) in [6.07, 6.45) is -0.656. The van der Waals surface area contributed by atoms with E-state index in [-0.39, 0.29) is 77.4 Å². The van der Waals surface area contributed by atoms with Crippen LogP contribution in [0.3, 0.4) is 0 Å². The normalized spacial score (nSPS) is 12.8. The van der Waals surface area contributed by atoms with E-state index in [0.29, 0.717) is 136 Å². The molecule has 0 saturated carbocycles. The Morgan fingerprint density at radius 1 is 0.466 bits per heavy atom. The third kappa shape index (κ3) is 23.7. The number of halogens is 12. The minimum atomic E-state index is -0.940. The van der Waals surface area contributed by atoms with Crippen molar-refractivity contribution in [3.8, 4) is 0 Å². The molecule has 0 radical (unpaired) electrons. The van der Waals surface area contributed by atoms with Gasteiger partial charge in [0, 0.05) is 149 Å². The Hall–Kier alpha value is -9.67. The number of ether oxygens (including phenoxy) is 3. The first kappa shape index (κ1) is 95.5. The lowest BCUT2D eigenvalue weighted by atomic mass is 10.1. The number of hydrogen-bond acceptors (Lipinski definition) is 18. The van der Waals surface area contributed by atoms with Gasteiger partial charge in [0.25, 0.3) is 46.8 Å². The van der Waals surface area contributed by atoms with Crippen molar-refractivity contribution < 1.29 is 77.1 Å². The fourth-order valence-electron chi connectivity index (χ4n) is 11.3. The summed E-state index contributed by atoms with van der Waals surface area (Å²) in [7, 11) is 2.70. The minimum Gasteiger partial charge on any atom is -0.478 e. The maximum atomic E-state index is 12.2. The quantitative estimate of drug-likeness (QED) is 0.0203. The molecule has 27 nitrogen and oxygen atoms in total. The van der Waals surface area contributed by atoms with E-state index in [2.05, 4.69) is 83.8 Å². The molecule has 39 heteroatoms. The van der Waals surface area contributed by atoms with Crippen LogP contribution in [0.2, 0.25) is 45.2 Å². The number of nitrogens with zero attached hydrogens (tertiary/aromatic N) is 3. The number of imide groups is 1. The highest BCUT2D eigenvalue weighted by Gasteiger charge is 2.38. The minimum absolute atomic E-state index is 0.0255. The number of carboxylic acids is 1. The molecule has 618 valence electrons. The Balaban J connectivity index is 0.000000184. The highest BCUT2D eigenvalue weighted by Crippen LogP contribution is 2.38. The molecule has 6 aliphatic heterocycles. The maximum Gasteiger partial charge on any atom is 0.417 e. The van der Waals surface area contributed by atoms with E-state index in [4.69, 9.17) is 120 Å². The lowest BCUT2D eigenvalue weighted by Gasteiger charge is -2.23. The second kappa shape index (κ2) is 42.8. The highest BCUT2D eigenvalue weighted by molar-refractivity contribution is 9.11. The van der Waals surface area contributed by atoms with Gasteiger partial charge in [-0.2, -0.15) is 0 Å². The summed E-state index contributed by atoms with van der Waals surface area (Å²) in [6, 6.07) is 36.1. The number of nitrogens with one attached hydrogen (secondary N) is 5. The first-order valence-corrected chi connectivity index (χ1v) is 40.1. The summed E-state index contributed by atoms with van der Waals surface area (Å²) >= 11 is 62.5. The fraction of sp³-hybridized carbons (Fsp3) is 0.190. The van der Waals surface area contributed by atoms with E-state index in [1.165, 1.54) is 44.6 Å². The van der Waals surface area contributed by atoms with Crippen LogP contribution in [0.1, 0.15) is 164 Å². The molecule has 0 aromatic heterocycles. The Labute approximate surface area is 743 Å². The van der Waals surface area contributed by atoms with E-state index >= 15 is 0 Å². The van der Waals surface area contributed by atoms with Gasteiger partial charge in [0.1, 0.15) is 16.7 Å². The predicted octanol–water partition coefficient (Wildman–Crippen LogP) is 19.9. The van der Waals surface area contributed by atoms with Crippen LogP contribution >= 0.6 is 152 Å². The number of aromatic carboxylic acids is 1. The number of anilines is 1. The zero-order valence-electron chi connectivity index (χ0n) is 62.5. The van der Waals surface area contributed by atoms with Crippen molar-refractivity contribution in [2.45, 2.75) is 84.8 Å². The number of nitro groups is 2. The second-order valence-corrected chi connectivity index (χ2v) is 31.6. The molecule has 0 saturated heterocycles. The van der Waals surface area contributed by atoms with Gasteiger partial charge in [0.05, 0.1) is 64.0 Å². The molecule has 6 aliphatic rings. The van der Waals surface area contributed by atoms with Crippen LogP contribution in [-0.2, 0) is 58.8 Å². The predicted molar refractivity (Wildman–Crippen MR) is 460 cm³/mol. The zero-order chi connectivity index (χ0) is 87.6. The SMILES string of the molecule is CC(C)(C)OC(=O)N1Cc2c(Cl)ccc(Br)c2C1=O.COC(=O)c1cccc(Cl)c1C.COC(=O)c1cccc(Cl)c1CBr.Cc1c(Cl)cccc1C(=O)O.Nc1ccc(Cl)c2c1C(=O)NC2.O=C1NCc2c(Cl)ccc(Br)c21.O=C1NCc2c(Cl)ccc([N+](=O)[O-])c21.O=C1NCc2c(Cl)ccc([N+](=O)[O-])c21.O=C1NCc2c(Cl)cccc21. The highest BCUT2D eigenvalue weighted by atomic mass is 79.9. The number of carbonyl (C=O) groups excluding carboxylic acids is 9. The largest absolute Gasteiger partial charge is 0.478 e. The number of amides is 7. The number of hydrogen-bond donors (Lipinski definition) is 7. The molecule has 6 heterocycles. The Bertz CT molecular complexity index is 5380. The van der Waals surface area contributed by atoms with Crippen molar-refractivity contribution in [1.82, 2.24) is 31.5 Å². The van der Waals surface area contributed by atoms with Crippen molar-refractivity contribution in [3.05, 3.63) is 308 Å². The molecule has 0 spiro atoms. The molecule has 15 rings (SSSR count). The van der Waals surface area contributed by atoms with Gasteiger partial charge in [-0.1, -0.05) is 145 Å². The maximum absolute atomic E-state index is 12.2. The second-order valence-electron chi connectivity index (χ2n) is 25.7. The van der Waals surface area contributed by atoms with E-state index in [1.54, 1.807) is 138 Å². The third-order valence-electron chi connectivity index (χ3n) is 17.2. The molecular weight excluding hydrogens is 1920 g/mol. The fourth-order valence-corrected chi connectivity index (χ4v) is 15.1. The van der Waals surface area contributed by atoms with Crippen molar-refractivity contribution in [2.24, 2.45) is 0 Å². The number of nitrogens with two attached hydrogens (primary N) is 1. The van der Waals surface area contributed by atoms with Gasteiger partial charge in [0.15, 0.2) is 0 Å². The molecule has 0 unspecified atom stereocenters. The van der Waals surface area contributed by atoms with Crippen LogP contribution in [0.4, 0.5) is 21.9 Å². The lowest BCUT2D eigenvalue weighted by Crippen LogP contribution is -2.36. The summed E-state index contributed by atoms with van der Waals surface area (Å²) in [6.45, 7) is 11.0. The molecule has 118 heavy (non-hydrogen) atoms. The van der Waals surface area contributed by atoms with Crippen LogP contribution in [-0.4, -0.2) is 99.1 Å². The van der Waals surface area contributed by atoms with Gasteiger partial charge < -0.3 is 51.6 Å². The van der Waals surface area contributed by atoms with Crippen LogP contribution in [0, 0.1) is 34.1 Å². The summed E-state index contributed by atoms with van der Waals surface area (Å²) in [5, 5.41) is 48.2. The number of nitro benzene ring substituents is 2. The standard InChI is InChI=1S/C13H13BrClNO3.C9H8BrClO2.C9H9ClO2.C8H5BrClNO.2C8H5ClN2O3.C8H7ClN2O.C8H6ClNO.C8H7ClO2/c1-13(2,3)19-12(18)16-6-7-9(15)5-4-8(14)10(7)11(16)17;1-13-9(12)6-3-2-4-8(11)7(6)5-10;1-6-7(9(11)12-2)4-3-5-8(6)10;9-5-1-2-6(10)4-3-11-8(12)7(4)5;2*9-5-1-2-6(11(13)14)7-4(5)3-10-8(7)12;9-5-1-2-6(10)7-4(5)3-11-8(7)12;9-7-3-1-2-5-6(7)4-10-8(5)11;1-5-6(8(10)11)3-2-4-7(5)9/h4-5H,6H2,1-3H3;2-4H,5H2,1H3;3-5H,1-2H3;1-2H,3H2,(H,11,12);2*1-2H,3H2,(H,10,12);1-2H,3,10H2,(H,11,12);1-3H,4H2,(H,10,11);2-4H,1H3,(H,10,11). The van der Waals surface area contributed by atoms with Gasteiger partial charge in [-0.15, -0.1) is 0 Å². The Morgan fingerprint density at radius 3 is 1.25 bits per heavy atom. The molecule has 0 atom stereocenters. The van der Waals surface area contributed by atoms with Crippen LogP contribution in [0.25, 0.3) is 0 Å². The topological polar surface area (TPSA) is 394 Å². The van der Waals surface area contributed by atoms with Crippen molar-refractivity contribution >= 4 is 229 Å². The van der Waals surface area contributed by atoms with Gasteiger partial charge in [0.2, 0.25) is 0 Å². The van der Waals surface area contributed by atoms with Gasteiger partial charge >= 0.3 is 24.0 Å². The smallest absolute Gasteiger partial charge is 0.417 e. The molecule has 0 bridgehead atoms. The monoisotopic (exact) mass is 1980 g/mol. The number of rotatable bonds is 6. The molecule has 0 aliphatic carbocycles. The lowest BCUT2D eigenvalue weighted by molar-refractivity contribution is -0.385. The van der Waals surface area contributed by atoms with Crippen LogP contribution in [0.15, 0.2) is 142 Å². The van der Waals surface area contributed by atoms with Gasteiger partial charge in [-0.3, -0.25) is 49.0 Å². The average Bonchev–Trinajstić information content (AvgIpc) is 1.62. The first-order valence-electron chi connectivity index (χ1n) is 34.0. The molecule has 7 amide bonds. The number of alkyl halides is 1. The van der Waals surface area contributed by atoms with Crippen molar-refractivity contribution in [1.29, 1.82) is 0 Å². The Morgan fingerprint density at radius 2 is 0.822 bits per heavy atom. The van der Waals surface area contributed by atoms with Crippen molar-refractivity contribution in [2.75, 3.05) is 20.0 Å². The summed E-state index contributed by atoms with van der Waals surface area (Å²) in [5.74, 6) is -3.13. The summed E-state index contributed by atoms with van der Waals surface area (Å²) in [4.78, 5) is 134. The summed E-state index contributed by atoms with van der Waals surface area (Å²) < 4.78 is 15.8. The van der Waals surface area contributed by atoms with E-state index < -0.39 is 45.2 Å². The third-order valence-corrected chi connectivity index (χ3v) is 22.4. The van der Waals surface area contributed by atoms with Gasteiger partial charge in [-0.25, -0.2) is 24.1 Å². The van der Waals surface area contributed by atoms with E-state index in [1.807, 2.05) is 0 Å². The number of carboxylic acid groups (broad SMARTS) is 1. The molecule has 0 fully saturated rings. The van der Waals surface area contributed by atoms with Crippen molar-refractivity contribution in [3.63, 3.8) is 0 Å². The molecule has 9 aromatic carbocycles. The number of nitrogen functional groups attached to an aromatic ring is 1. The number of fused-ring (bicyclic) bond motifs is 6. The molecular formula is C79H65Br3Cl9N9O18. The zero-order valence-corrected chi connectivity index (χ0v) is 74.1. The Kier molecular flexibility index (Phi) is 34.6. The number of methoxy groups -OCH3 is 2. The molecule has 9 aromatic rings.